The summed E-state index contributed by atoms with van der Waals surface area (Å²) in [6, 6.07) is 4.41. The average molecular weight is 278 g/mol. The lowest BCUT2D eigenvalue weighted by Gasteiger charge is -2.47. The van der Waals surface area contributed by atoms with Crippen molar-refractivity contribution in [2.45, 2.75) is 25.9 Å². The third-order valence-electron chi connectivity index (χ3n) is 4.67. The van der Waals surface area contributed by atoms with E-state index in [0.717, 1.165) is 18.4 Å². The van der Waals surface area contributed by atoms with Crippen molar-refractivity contribution < 1.29 is 19.3 Å². The molecule has 1 saturated heterocycles. The van der Waals surface area contributed by atoms with Gasteiger partial charge in [0.2, 0.25) is 0 Å². The Kier molecular flexibility index (Phi) is 3.30. The molecule has 3 rings (SSSR count). The lowest BCUT2D eigenvalue weighted by atomic mass is 9.67. The van der Waals surface area contributed by atoms with Gasteiger partial charge in [-0.15, -0.1) is 0 Å². The van der Waals surface area contributed by atoms with Crippen LogP contribution in [-0.4, -0.2) is 23.4 Å². The van der Waals surface area contributed by atoms with E-state index in [0.29, 0.717) is 6.61 Å². The predicted molar refractivity (Wildman–Crippen MR) is 72.8 cm³/mol. The largest absolute Gasteiger partial charge is 0.505 e. The fourth-order valence-corrected chi connectivity index (χ4v) is 3.29. The van der Waals surface area contributed by atoms with E-state index in [1.807, 2.05) is 0 Å². The Bertz CT molecular complexity index is 555. The Morgan fingerprint density at radius 3 is 2.95 bits per heavy atom. The van der Waals surface area contributed by atoms with Crippen molar-refractivity contribution in [3.63, 3.8) is 0 Å². The molecule has 0 saturated carbocycles. The molecule has 108 valence electrons. The molecule has 1 aromatic carbocycles. The Morgan fingerprint density at radius 1 is 1.45 bits per heavy atom. The van der Waals surface area contributed by atoms with Crippen molar-refractivity contribution >= 4 is 0 Å². The van der Waals surface area contributed by atoms with Gasteiger partial charge in [0.05, 0.1) is 19.3 Å². The minimum absolute atomic E-state index is 0.115. The summed E-state index contributed by atoms with van der Waals surface area (Å²) >= 11 is 0. The fraction of sp³-hybridized carbons (Fsp3) is 0.500. The molecule has 1 aliphatic heterocycles. The second-order valence-electron chi connectivity index (χ2n) is 6.06. The zero-order chi connectivity index (χ0) is 14.3. The number of allylic oxidation sites excluding steroid dienone is 1. The molecule has 20 heavy (non-hydrogen) atoms. The van der Waals surface area contributed by atoms with Gasteiger partial charge in [-0.25, -0.2) is 4.39 Å². The molecule has 1 aromatic rings. The van der Waals surface area contributed by atoms with Crippen LogP contribution in [0.2, 0.25) is 0 Å². The molecule has 1 fully saturated rings. The maximum Gasteiger partial charge on any atom is 0.165 e. The number of ether oxygens (including phenoxy) is 1. The summed E-state index contributed by atoms with van der Waals surface area (Å²) in [6.07, 6.45) is 3.65. The number of benzene rings is 1. The van der Waals surface area contributed by atoms with E-state index in [9.17, 15) is 14.6 Å². The molecule has 1 heterocycles. The maximum absolute atomic E-state index is 13.5. The van der Waals surface area contributed by atoms with E-state index in [2.05, 4.69) is 13.0 Å². The van der Waals surface area contributed by atoms with Gasteiger partial charge in [0.15, 0.2) is 11.6 Å². The van der Waals surface area contributed by atoms with Gasteiger partial charge in [-0.3, -0.25) is 0 Å². The molecule has 0 amide bonds. The van der Waals surface area contributed by atoms with Crippen LogP contribution in [0.3, 0.4) is 0 Å². The van der Waals surface area contributed by atoms with E-state index >= 15 is 0 Å². The lowest BCUT2D eigenvalue weighted by Crippen LogP contribution is -2.43. The van der Waals surface area contributed by atoms with Gasteiger partial charge in [-0.2, -0.15) is 0 Å². The Hall–Kier alpha value is -1.39. The molecule has 3 atom stereocenters. The van der Waals surface area contributed by atoms with E-state index in [1.165, 1.54) is 17.7 Å². The molecule has 2 bridgehead atoms. The van der Waals surface area contributed by atoms with Crippen LogP contribution < -0.4 is 0 Å². The highest BCUT2D eigenvalue weighted by atomic mass is 19.1. The van der Waals surface area contributed by atoms with Crippen LogP contribution in [0.15, 0.2) is 29.8 Å². The summed E-state index contributed by atoms with van der Waals surface area (Å²) in [4.78, 5) is 0. The lowest BCUT2D eigenvalue weighted by molar-refractivity contribution is -0.113. The summed E-state index contributed by atoms with van der Waals surface area (Å²) in [6.45, 7) is 2.66. The van der Waals surface area contributed by atoms with Crippen molar-refractivity contribution in [2.24, 2.45) is 11.3 Å². The number of aliphatic hydroxyl groups excluding tert-OH is 1. The molecule has 2 N–H and O–H groups in total. The number of aromatic hydroxyl groups is 1. The molecular weight excluding hydrogens is 259 g/mol. The standard InChI is InChI=1S/C16H19FO3/c1-10-4-5-16(8-18)7-12(10)15(20-9-16)11-2-3-14(19)13(17)6-11/h2-4,6,12,15,18-19H,5,7-9H2,1H3/t12-,15+,16-/m1/s1. The van der Waals surface area contributed by atoms with Crippen molar-refractivity contribution in [1.29, 1.82) is 0 Å². The van der Waals surface area contributed by atoms with Gasteiger partial charge in [-0.05, 0) is 37.5 Å². The highest BCUT2D eigenvalue weighted by Gasteiger charge is 2.44. The Morgan fingerprint density at radius 2 is 2.25 bits per heavy atom. The first-order valence-electron chi connectivity index (χ1n) is 6.92. The van der Waals surface area contributed by atoms with Crippen LogP contribution in [0.5, 0.6) is 5.75 Å². The summed E-state index contributed by atoms with van der Waals surface area (Å²) in [5, 5.41) is 18.9. The van der Waals surface area contributed by atoms with E-state index in [-0.39, 0.29) is 29.8 Å². The first-order valence-corrected chi connectivity index (χ1v) is 6.92. The first kappa shape index (κ1) is 13.6. The number of hydrogen-bond donors (Lipinski definition) is 2. The molecule has 2 aliphatic rings. The first-order chi connectivity index (χ1) is 9.54. The monoisotopic (exact) mass is 278 g/mol. The second-order valence-corrected chi connectivity index (χ2v) is 6.06. The number of hydrogen-bond acceptors (Lipinski definition) is 3. The number of halogens is 1. The number of fused-ring (bicyclic) bond motifs is 2. The quantitative estimate of drug-likeness (QED) is 0.818. The van der Waals surface area contributed by atoms with Crippen LogP contribution in [-0.2, 0) is 4.74 Å². The third kappa shape index (κ3) is 2.13. The zero-order valence-electron chi connectivity index (χ0n) is 11.5. The summed E-state index contributed by atoms with van der Waals surface area (Å²) in [7, 11) is 0. The van der Waals surface area contributed by atoms with Crippen LogP contribution in [0, 0.1) is 17.2 Å². The molecule has 0 spiro atoms. The molecule has 0 unspecified atom stereocenters. The maximum atomic E-state index is 13.5. The van der Waals surface area contributed by atoms with E-state index in [4.69, 9.17) is 4.74 Å². The van der Waals surface area contributed by atoms with Crippen LogP contribution in [0.1, 0.15) is 31.4 Å². The highest BCUT2D eigenvalue weighted by Crippen LogP contribution is 2.50. The van der Waals surface area contributed by atoms with Gasteiger partial charge >= 0.3 is 0 Å². The summed E-state index contributed by atoms with van der Waals surface area (Å²) < 4.78 is 19.5. The molecule has 0 aromatic heterocycles. The number of rotatable bonds is 2. The van der Waals surface area contributed by atoms with Crippen molar-refractivity contribution in [2.75, 3.05) is 13.2 Å². The fourth-order valence-electron chi connectivity index (χ4n) is 3.29. The van der Waals surface area contributed by atoms with Gasteiger partial charge in [0, 0.05) is 11.3 Å². The average Bonchev–Trinajstić information content (AvgIpc) is 2.47. The minimum atomic E-state index is -0.623. The van der Waals surface area contributed by atoms with Crippen molar-refractivity contribution in [1.82, 2.24) is 0 Å². The predicted octanol–water partition coefficient (Wildman–Crippen LogP) is 2.94. The minimum Gasteiger partial charge on any atom is -0.505 e. The molecule has 0 radical (unpaired) electrons. The third-order valence-corrected chi connectivity index (χ3v) is 4.67. The Balaban J connectivity index is 1.93. The second kappa shape index (κ2) is 4.86. The van der Waals surface area contributed by atoms with Crippen LogP contribution in [0.4, 0.5) is 4.39 Å². The summed E-state index contributed by atoms with van der Waals surface area (Å²) in [5.74, 6) is -0.804. The number of phenolic OH excluding ortho intramolecular Hbond substituents is 1. The number of aliphatic hydroxyl groups is 1. The van der Waals surface area contributed by atoms with Gasteiger partial charge in [0.1, 0.15) is 0 Å². The number of phenols is 1. The van der Waals surface area contributed by atoms with E-state index < -0.39 is 5.82 Å². The van der Waals surface area contributed by atoms with Crippen LogP contribution >= 0.6 is 0 Å². The smallest absolute Gasteiger partial charge is 0.165 e. The summed E-state index contributed by atoms with van der Waals surface area (Å²) in [5.41, 5.74) is 1.79. The zero-order valence-corrected chi connectivity index (χ0v) is 11.5. The molecular formula is C16H19FO3. The van der Waals surface area contributed by atoms with Crippen molar-refractivity contribution in [3.8, 4) is 5.75 Å². The van der Waals surface area contributed by atoms with Crippen LogP contribution in [0.25, 0.3) is 0 Å². The van der Waals surface area contributed by atoms with E-state index in [1.54, 1.807) is 6.07 Å². The SMILES string of the molecule is CC1=CC[C@@]2(CO)CO[C@@H](c3ccc(O)c(F)c3)[C@@H]1C2. The van der Waals surface area contributed by atoms with Gasteiger partial charge < -0.3 is 14.9 Å². The highest BCUT2D eigenvalue weighted by molar-refractivity contribution is 5.32. The van der Waals surface area contributed by atoms with Gasteiger partial charge in [0.25, 0.3) is 0 Å². The van der Waals surface area contributed by atoms with Crippen molar-refractivity contribution in [3.05, 3.63) is 41.2 Å². The normalized spacial score (nSPS) is 32.9. The Labute approximate surface area is 117 Å². The molecule has 4 heteroatoms. The molecule has 1 aliphatic carbocycles. The topological polar surface area (TPSA) is 49.7 Å². The molecule has 3 nitrogen and oxygen atoms in total. The van der Waals surface area contributed by atoms with Gasteiger partial charge in [-0.1, -0.05) is 17.7 Å².